The first-order valence-electron chi connectivity index (χ1n) is 13.4. The van der Waals surface area contributed by atoms with Crippen molar-refractivity contribution in [2.75, 3.05) is 44.8 Å². The molecule has 40 heavy (non-hydrogen) atoms. The molecule has 0 bridgehead atoms. The van der Waals surface area contributed by atoms with Crippen LogP contribution in [0.1, 0.15) is 0 Å². The zero-order valence-electron chi connectivity index (χ0n) is 22.4. The summed E-state index contributed by atoms with van der Waals surface area (Å²) in [6.45, 7) is 2.53. The van der Waals surface area contributed by atoms with Gasteiger partial charge in [-0.15, -0.1) is 0 Å². The molecule has 0 radical (unpaired) electrons. The van der Waals surface area contributed by atoms with Gasteiger partial charge in [-0.1, -0.05) is 91.0 Å². The molecule has 1 amide bonds. The lowest BCUT2D eigenvalue weighted by Gasteiger charge is -2.28. The number of hydrogen-bond donors (Lipinski definition) is 0. The van der Waals surface area contributed by atoms with Gasteiger partial charge in [0.1, 0.15) is 11.4 Å². The second-order valence-corrected chi connectivity index (χ2v) is 9.68. The van der Waals surface area contributed by atoms with Crippen molar-refractivity contribution < 1.29 is 9.53 Å². The highest BCUT2D eigenvalue weighted by molar-refractivity contribution is 5.81. The number of carbonyl (C=O) groups excluding carboxylic acids is 1. The number of amides is 1. The van der Waals surface area contributed by atoms with E-state index in [-0.39, 0.29) is 12.5 Å². The second-order valence-electron chi connectivity index (χ2n) is 9.68. The molecule has 8 heteroatoms. The fourth-order valence-corrected chi connectivity index (χ4v) is 4.83. The van der Waals surface area contributed by atoms with Crippen molar-refractivity contribution in [2.45, 2.75) is 0 Å². The Kier molecular flexibility index (Phi) is 7.32. The number of carbonyl (C=O) groups is 1. The summed E-state index contributed by atoms with van der Waals surface area (Å²) < 4.78 is 7.31. The smallest absolute Gasteiger partial charge is 0.242 e. The third-order valence-electron chi connectivity index (χ3n) is 6.96. The molecule has 0 unspecified atom stereocenters. The van der Waals surface area contributed by atoms with Crippen LogP contribution in [0, 0.1) is 0 Å². The maximum absolute atomic E-state index is 12.9. The molecule has 1 aliphatic heterocycles. The Hall–Kier alpha value is -4.82. The van der Waals surface area contributed by atoms with Gasteiger partial charge in [0.05, 0.1) is 37.3 Å². The van der Waals surface area contributed by atoms with E-state index in [1.54, 1.807) is 11.1 Å². The van der Waals surface area contributed by atoms with Gasteiger partial charge in [-0.3, -0.25) is 4.79 Å². The van der Waals surface area contributed by atoms with Crippen molar-refractivity contribution in [2.24, 2.45) is 0 Å². The zero-order valence-corrected chi connectivity index (χ0v) is 22.4. The summed E-state index contributed by atoms with van der Waals surface area (Å²) in [5, 5.41) is 5.05. The van der Waals surface area contributed by atoms with Crippen LogP contribution in [0.4, 0.5) is 5.95 Å². The molecule has 3 heterocycles. The Balaban J connectivity index is 1.44. The standard InChI is InChI=1S/C32H30N6O2/c1-36(23-30(39)37-17-19-40-20-18-37)32-33-22-29(31(34-32)26-15-9-4-10-16-26)38-28(25-13-7-3-8-14-25)21-27(35-38)24-11-5-2-6-12-24/h2-16,21-22H,17-20,23H2,1H3. The third kappa shape index (κ3) is 5.34. The minimum atomic E-state index is 0.0330. The van der Waals surface area contributed by atoms with Crippen LogP contribution in [0.3, 0.4) is 0 Å². The van der Waals surface area contributed by atoms with Gasteiger partial charge in [0, 0.05) is 36.8 Å². The van der Waals surface area contributed by atoms with Crippen molar-refractivity contribution in [1.29, 1.82) is 0 Å². The minimum absolute atomic E-state index is 0.0330. The van der Waals surface area contributed by atoms with E-state index in [0.29, 0.717) is 32.3 Å². The van der Waals surface area contributed by atoms with Gasteiger partial charge in [0.25, 0.3) is 0 Å². The Morgan fingerprint density at radius 3 is 2.10 bits per heavy atom. The number of likely N-dealkylation sites (N-methyl/N-ethyl adjacent to an activating group) is 1. The molecule has 0 saturated carbocycles. The zero-order chi connectivity index (χ0) is 27.3. The van der Waals surface area contributed by atoms with Crippen LogP contribution < -0.4 is 4.90 Å². The molecular weight excluding hydrogens is 500 g/mol. The van der Waals surface area contributed by atoms with Crippen molar-refractivity contribution in [3.63, 3.8) is 0 Å². The lowest BCUT2D eigenvalue weighted by atomic mass is 10.1. The summed E-state index contributed by atoms with van der Waals surface area (Å²) in [7, 11) is 1.85. The number of anilines is 1. The molecule has 0 atom stereocenters. The first-order valence-corrected chi connectivity index (χ1v) is 13.4. The van der Waals surface area contributed by atoms with Gasteiger partial charge >= 0.3 is 0 Å². The van der Waals surface area contributed by atoms with Crippen LogP contribution >= 0.6 is 0 Å². The number of benzene rings is 3. The number of rotatable bonds is 7. The van der Waals surface area contributed by atoms with Gasteiger partial charge in [-0.2, -0.15) is 5.10 Å². The monoisotopic (exact) mass is 530 g/mol. The molecule has 0 N–H and O–H groups in total. The Morgan fingerprint density at radius 2 is 1.45 bits per heavy atom. The van der Waals surface area contributed by atoms with Gasteiger partial charge < -0.3 is 14.5 Å². The maximum Gasteiger partial charge on any atom is 0.242 e. The normalized spacial score (nSPS) is 13.3. The van der Waals surface area contributed by atoms with Crippen LogP contribution in [-0.4, -0.2) is 70.5 Å². The van der Waals surface area contributed by atoms with E-state index in [1.807, 2.05) is 83.4 Å². The molecule has 6 rings (SSSR count). The Bertz CT molecular complexity index is 1580. The Morgan fingerprint density at radius 1 is 0.850 bits per heavy atom. The highest BCUT2D eigenvalue weighted by Crippen LogP contribution is 2.33. The molecule has 1 aliphatic rings. The quantitative estimate of drug-likeness (QED) is 0.296. The van der Waals surface area contributed by atoms with Crippen LogP contribution in [0.2, 0.25) is 0 Å². The summed E-state index contributed by atoms with van der Waals surface area (Å²) >= 11 is 0. The summed E-state index contributed by atoms with van der Waals surface area (Å²) in [5.41, 5.74) is 6.27. The minimum Gasteiger partial charge on any atom is -0.378 e. The number of morpholine rings is 1. The molecule has 200 valence electrons. The van der Waals surface area contributed by atoms with Crippen molar-refractivity contribution in [3.8, 4) is 39.5 Å². The van der Waals surface area contributed by atoms with Gasteiger partial charge in [0.15, 0.2) is 0 Å². The molecule has 3 aromatic carbocycles. The van der Waals surface area contributed by atoms with Gasteiger partial charge in [-0.05, 0) is 6.07 Å². The number of hydrogen-bond acceptors (Lipinski definition) is 6. The van der Waals surface area contributed by atoms with Gasteiger partial charge in [-0.25, -0.2) is 14.6 Å². The van der Waals surface area contributed by atoms with Crippen molar-refractivity contribution in [1.82, 2.24) is 24.6 Å². The average molecular weight is 531 g/mol. The predicted molar refractivity (Wildman–Crippen MR) is 156 cm³/mol. The third-order valence-corrected chi connectivity index (χ3v) is 6.96. The van der Waals surface area contributed by atoms with E-state index in [4.69, 9.17) is 19.8 Å². The summed E-state index contributed by atoms with van der Waals surface area (Å²) in [5.74, 6) is 0.506. The summed E-state index contributed by atoms with van der Waals surface area (Å²) in [6, 6.07) is 32.4. The lowest BCUT2D eigenvalue weighted by Crippen LogP contribution is -2.45. The predicted octanol–water partition coefficient (Wildman–Crippen LogP) is 4.96. The SMILES string of the molecule is CN(CC(=O)N1CCOCC1)c1ncc(-n2nc(-c3ccccc3)cc2-c2ccccc2)c(-c2ccccc2)n1. The molecule has 1 saturated heterocycles. The van der Waals surface area contributed by atoms with Gasteiger partial charge in [0.2, 0.25) is 11.9 Å². The van der Waals surface area contributed by atoms with E-state index in [9.17, 15) is 4.79 Å². The number of ether oxygens (including phenoxy) is 1. The number of aromatic nitrogens is 4. The highest BCUT2D eigenvalue weighted by Gasteiger charge is 2.22. The highest BCUT2D eigenvalue weighted by atomic mass is 16.5. The van der Waals surface area contributed by atoms with Crippen molar-refractivity contribution in [3.05, 3.63) is 103 Å². The molecule has 0 aliphatic carbocycles. The molecular formula is C32H30N6O2. The van der Waals surface area contributed by atoms with Crippen LogP contribution in [-0.2, 0) is 9.53 Å². The maximum atomic E-state index is 12.9. The van der Waals surface area contributed by atoms with Crippen LogP contribution in [0.25, 0.3) is 39.5 Å². The van der Waals surface area contributed by atoms with Crippen LogP contribution in [0.15, 0.2) is 103 Å². The number of nitrogens with zero attached hydrogens (tertiary/aromatic N) is 6. The van der Waals surface area contributed by atoms with E-state index in [2.05, 4.69) is 30.3 Å². The fourth-order valence-electron chi connectivity index (χ4n) is 4.83. The Labute approximate surface area is 233 Å². The molecule has 0 spiro atoms. The lowest BCUT2D eigenvalue weighted by molar-refractivity contribution is -0.133. The van der Waals surface area contributed by atoms with Crippen LogP contribution in [0.5, 0.6) is 0 Å². The largest absolute Gasteiger partial charge is 0.378 e. The van der Waals surface area contributed by atoms with Crippen molar-refractivity contribution >= 4 is 11.9 Å². The molecule has 1 fully saturated rings. The first-order chi connectivity index (χ1) is 19.7. The van der Waals surface area contributed by atoms with E-state index < -0.39 is 0 Å². The first kappa shape index (κ1) is 25.5. The fraction of sp³-hybridized carbons (Fsp3) is 0.188. The second kappa shape index (κ2) is 11.5. The average Bonchev–Trinajstić information content (AvgIpc) is 3.48. The molecule has 5 aromatic rings. The molecule has 2 aromatic heterocycles. The topological polar surface area (TPSA) is 76.4 Å². The summed E-state index contributed by atoms with van der Waals surface area (Å²) in [6.07, 6.45) is 1.80. The van der Waals surface area contributed by atoms with E-state index in [0.717, 1.165) is 39.5 Å². The van der Waals surface area contributed by atoms with E-state index in [1.165, 1.54) is 0 Å². The van der Waals surface area contributed by atoms with E-state index >= 15 is 0 Å². The summed E-state index contributed by atoms with van der Waals surface area (Å²) in [4.78, 5) is 26.3. The molecule has 8 nitrogen and oxygen atoms in total.